The third kappa shape index (κ3) is 4.68. The maximum atomic E-state index is 13.3. The van der Waals surface area contributed by atoms with Crippen LogP contribution in [0.5, 0.6) is 11.5 Å². The van der Waals surface area contributed by atoms with E-state index in [2.05, 4.69) is 4.98 Å². The van der Waals surface area contributed by atoms with Crippen LogP contribution in [0.4, 0.5) is 4.79 Å². The highest BCUT2D eigenvalue weighted by atomic mass is 32.1. The van der Waals surface area contributed by atoms with E-state index in [1.807, 2.05) is 39.0 Å². The van der Waals surface area contributed by atoms with E-state index in [0.717, 1.165) is 16.0 Å². The van der Waals surface area contributed by atoms with Crippen molar-refractivity contribution in [3.8, 4) is 11.5 Å². The number of benzene rings is 1. The molecule has 0 bridgehead atoms. The van der Waals surface area contributed by atoms with Gasteiger partial charge < -0.3 is 19.1 Å². The molecule has 8 nitrogen and oxygen atoms in total. The molecule has 1 aliphatic heterocycles. The maximum Gasteiger partial charge on any atom is 0.410 e. The van der Waals surface area contributed by atoms with Crippen LogP contribution in [0.25, 0.3) is 10.2 Å². The molecule has 0 radical (unpaired) electrons. The molecule has 9 heteroatoms. The minimum atomic E-state index is -0.543. The average Bonchev–Trinajstić information content (AvgIpc) is 3.15. The van der Waals surface area contributed by atoms with Crippen molar-refractivity contribution in [2.45, 2.75) is 52.3 Å². The Balaban J connectivity index is 1.58. The van der Waals surface area contributed by atoms with Crippen LogP contribution in [0.15, 0.2) is 29.3 Å². The van der Waals surface area contributed by atoms with Gasteiger partial charge in [-0.15, -0.1) is 11.3 Å². The molecular weight excluding hydrogens is 442 g/mol. The lowest BCUT2D eigenvalue weighted by Gasteiger charge is -2.29. The number of thiophene rings is 1. The standard InChI is InChI=1S/C24H29N3O5S/c1-24(2,3)32-23(29)26-12-10-16-18(13-26)33-21-19(16)22(28)27(14-25-21)11-9-15-7-6-8-17(30-4)20(15)31-5/h6-8,14H,9-13H2,1-5H3. The predicted molar refractivity (Wildman–Crippen MR) is 127 cm³/mol. The van der Waals surface area contributed by atoms with Gasteiger partial charge in [-0.1, -0.05) is 12.1 Å². The normalized spacial score (nSPS) is 13.7. The zero-order chi connectivity index (χ0) is 23.8. The molecule has 0 unspecified atom stereocenters. The number of methoxy groups -OCH3 is 2. The Morgan fingerprint density at radius 1 is 1.21 bits per heavy atom. The van der Waals surface area contributed by atoms with Gasteiger partial charge in [0.2, 0.25) is 0 Å². The summed E-state index contributed by atoms with van der Waals surface area (Å²) in [5, 5.41) is 0.666. The Morgan fingerprint density at radius 2 is 2.00 bits per heavy atom. The molecular formula is C24H29N3O5S. The van der Waals surface area contributed by atoms with Gasteiger partial charge in [-0.3, -0.25) is 9.36 Å². The molecule has 0 fully saturated rings. The summed E-state index contributed by atoms with van der Waals surface area (Å²) in [4.78, 5) is 33.8. The molecule has 3 aromatic rings. The quantitative estimate of drug-likeness (QED) is 0.559. The third-order valence-corrected chi connectivity index (χ3v) is 6.71. The number of aryl methyl sites for hydroxylation is 2. The number of fused-ring (bicyclic) bond motifs is 3. The van der Waals surface area contributed by atoms with E-state index in [4.69, 9.17) is 14.2 Å². The highest BCUT2D eigenvalue weighted by Crippen LogP contribution is 2.33. The highest BCUT2D eigenvalue weighted by molar-refractivity contribution is 7.18. The molecule has 4 rings (SSSR count). The topological polar surface area (TPSA) is 82.9 Å². The van der Waals surface area contributed by atoms with E-state index in [1.54, 1.807) is 30.0 Å². The number of ether oxygens (including phenoxy) is 3. The zero-order valence-corrected chi connectivity index (χ0v) is 20.5. The first-order valence-corrected chi connectivity index (χ1v) is 11.7. The second kappa shape index (κ2) is 9.05. The van der Waals surface area contributed by atoms with Gasteiger partial charge >= 0.3 is 6.09 Å². The first kappa shape index (κ1) is 23.1. The number of carbonyl (C=O) groups is 1. The Labute approximate surface area is 196 Å². The summed E-state index contributed by atoms with van der Waals surface area (Å²) in [5.74, 6) is 1.34. The average molecular weight is 472 g/mol. The van der Waals surface area contributed by atoms with Crippen LogP contribution in [0.2, 0.25) is 0 Å². The largest absolute Gasteiger partial charge is 0.493 e. The second-order valence-corrected chi connectivity index (χ2v) is 10.1. The van der Waals surface area contributed by atoms with Gasteiger partial charge in [0.25, 0.3) is 5.56 Å². The number of hydrogen-bond donors (Lipinski definition) is 0. The molecule has 1 aliphatic rings. The number of amides is 1. The van der Waals surface area contributed by atoms with E-state index in [0.29, 0.717) is 54.2 Å². The minimum Gasteiger partial charge on any atom is -0.493 e. The fourth-order valence-electron chi connectivity index (χ4n) is 4.05. The van der Waals surface area contributed by atoms with Crippen LogP contribution in [-0.2, 0) is 30.7 Å². The Hall–Kier alpha value is -3.07. The zero-order valence-electron chi connectivity index (χ0n) is 19.6. The first-order valence-electron chi connectivity index (χ1n) is 10.9. The molecule has 176 valence electrons. The van der Waals surface area contributed by atoms with Gasteiger partial charge in [-0.05, 0) is 50.8 Å². The first-order chi connectivity index (χ1) is 15.7. The predicted octanol–water partition coefficient (Wildman–Crippen LogP) is 4.01. The van der Waals surface area contributed by atoms with Gasteiger partial charge in [0.1, 0.15) is 10.4 Å². The van der Waals surface area contributed by atoms with E-state index in [1.165, 1.54) is 11.3 Å². The Bertz CT molecular complexity index is 1240. The van der Waals surface area contributed by atoms with Crippen molar-refractivity contribution in [2.75, 3.05) is 20.8 Å². The fourth-order valence-corrected chi connectivity index (χ4v) is 5.25. The Morgan fingerprint density at radius 3 is 2.70 bits per heavy atom. The smallest absolute Gasteiger partial charge is 0.410 e. The molecule has 0 saturated heterocycles. The van der Waals surface area contributed by atoms with Crippen molar-refractivity contribution >= 4 is 27.6 Å². The summed E-state index contributed by atoms with van der Waals surface area (Å²) >= 11 is 1.48. The second-order valence-electron chi connectivity index (χ2n) is 8.98. The van der Waals surface area contributed by atoms with Crippen LogP contribution in [0.3, 0.4) is 0 Å². The molecule has 0 aliphatic carbocycles. The molecule has 1 amide bonds. The van der Waals surface area contributed by atoms with Gasteiger partial charge in [0.15, 0.2) is 11.5 Å². The van der Waals surface area contributed by atoms with Crippen molar-refractivity contribution in [1.82, 2.24) is 14.5 Å². The summed E-state index contributed by atoms with van der Waals surface area (Å²) in [7, 11) is 3.22. The van der Waals surface area contributed by atoms with Gasteiger partial charge in [0, 0.05) is 18.0 Å². The summed E-state index contributed by atoms with van der Waals surface area (Å²) < 4.78 is 18.0. The number of hydrogen-bond acceptors (Lipinski definition) is 7. The third-order valence-electron chi connectivity index (χ3n) is 5.59. The molecule has 0 spiro atoms. The van der Waals surface area contributed by atoms with Crippen LogP contribution >= 0.6 is 11.3 Å². The summed E-state index contributed by atoms with van der Waals surface area (Å²) in [5.41, 5.74) is 1.37. The number of aromatic nitrogens is 2. The van der Waals surface area contributed by atoms with E-state index < -0.39 is 5.60 Å². The van der Waals surface area contributed by atoms with Crippen LogP contribution in [0.1, 0.15) is 36.8 Å². The van der Waals surface area contributed by atoms with E-state index in [-0.39, 0.29) is 11.7 Å². The number of nitrogens with zero attached hydrogens (tertiary/aromatic N) is 3. The molecule has 3 heterocycles. The van der Waals surface area contributed by atoms with Gasteiger partial charge in [-0.25, -0.2) is 9.78 Å². The monoisotopic (exact) mass is 471 g/mol. The van der Waals surface area contributed by atoms with Crippen molar-refractivity contribution in [2.24, 2.45) is 0 Å². The Kier molecular flexibility index (Phi) is 6.34. The number of carbonyl (C=O) groups excluding carboxylic acids is 1. The van der Waals surface area contributed by atoms with Crippen molar-refractivity contribution in [1.29, 1.82) is 0 Å². The molecule has 0 N–H and O–H groups in total. The summed E-state index contributed by atoms with van der Waals surface area (Å²) in [6, 6.07) is 5.73. The fraction of sp³-hybridized carbons (Fsp3) is 0.458. The molecule has 33 heavy (non-hydrogen) atoms. The van der Waals surface area contributed by atoms with Crippen LogP contribution < -0.4 is 15.0 Å². The van der Waals surface area contributed by atoms with E-state index >= 15 is 0 Å². The summed E-state index contributed by atoms with van der Waals surface area (Å²) in [6.07, 6.45) is 2.49. The maximum absolute atomic E-state index is 13.3. The van der Waals surface area contributed by atoms with Gasteiger partial charge in [-0.2, -0.15) is 0 Å². The van der Waals surface area contributed by atoms with Crippen molar-refractivity contribution < 1.29 is 19.0 Å². The highest BCUT2D eigenvalue weighted by Gasteiger charge is 2.29. The molecule has 1 aromatic carbocycles. The summed E-state index contributed by atoms with van der Waals surface area (Å²) in [6.45, 7) is 6.99. The SMILES string of the molecule is COc1cccc(CCn2cnc3sc4c(c3c2=O)CCN(C(=O)OC(C)(C)C)C4)c1OC. The lowest BCUT2D eigenvalue weighted by atomic mass is 10.1. The molecule has 0 atom stereocenters. The lowest BCUT2D eigenvalue weighted by molar-refractivity contribution is 0.0227. The van der Waals surface area contributed by atoms with Crippen LogP contribution in [-0.4, -0.2) is 46.9 Å². The van der Waals surface area contributed by atoms with Crippen molar-refractivity contribution in [3.63, 3.8) is 0 Å². The van der Waals surface area contributed by atoms with Crippen LogP contribution in [0, 0.1) is 0 Å². The minimum absolute atomic E-state index is 0.0509. The van der Waals surface area contributed by atoms with Crippen molar-refractivity contribution in [3.05, 3.63) is 50.9 Å². The molecule has 0 saturated carbocycles. The van der Waals surface area contributed by atoms with Gasteiger partial charge in [0.05, 0.1) is 32.5 Å². The number of rotatable bonds is 5. The lowest BCUT2D eigenvalue weighted by Crippen LogP contribution is -2.39. The molecule has 2 aromatic heterocycles. The number of para-hydroxylation sites is 1. The van der Waals surface area contributed by atoms with E-state index in [9.17, 15) is 9.59 Å².